The number of carbonyl (C=O) groups excluding carboxylic acids is 2. The Hall–Kier alpha value is -2.15. The van der Waals surface area contributed by atoms with Crippen molar-refractivity contribution in [3.05, 3.63) is 68.8 Å². The summed E-state index contributed by atoms with van der Waals surface area (Å²) in [4.78, 5) is 24.4. The van der Waals surface area contributed by atoms with E-state index in [1.54, 1.807) is 0 Å². The second-order valence-electron chi connectivity index (χ2n) is 5.28. The number of esters is 1. The van der Waals surface area contributed by atoms with Crippen LogP contribution in [-0.4, -0.2) is 18.4 Å². The summed E-state index contributed by atoms with van der Waals surface area (Å²) in [5.74, 6) is -1.75. The molecule has 0 fully saturated rings. The van der Waals surface area contributed by atoms with E-state index in [9.17, 15) is 14.0 Å². The molecule has 0 saturated carbocycles. The Morgan fingerprint density at radius 3 is 2.62 bits per heavy atom. The van der Waals surface area contributed by atoms with Crippen molar-refractivity contribution in [2.24, 2.45) is 0 Å². The van der Waals surface area contributed by atoms with Gasteiger partial charge < -0.3 is 10.1 Å². The fraction of sp³-hybridized carbons (Fsp3) is 0.111. The van der Waals surface area contributed by atoms with Gasteiger partial charge in [-0.05, 0) is 18.2 Å². The SMILES string of the molecule is O=C(CNC(=O)c1sc2ccccc2c1Cl)OCc1c(F)cccc1Cl. The minimum atomic E-state index is -0.713. The van der Waals surface area contributed by atoms with Crippen molar-refractivity contribution < 1.29 is 18.7 Å². The van der Waals surface area contributed by atoms with Crippen LogP contribution in [0.2, 0.25) is 10.0 Å². The lowest BCUT2D eigenvalue weighted by molar-refractivity contribution is -0.143. The summed E-state index contributed by atoms with van der Waals surface area (Å²) in [7, 11) is 0. The van der Waals surface area contributed by atoms with Crippen LogP contribution in [0.5, 0.6) is 0 Å². The number of amides is 1. The topological polar surface area (TPSA) is 55.4 Å². The molecule has 0 atom stereocenters. The van der Waals surface area contributed by atoms with Crippen molar-refractivity contribution in [1.29, 1.82) is 0 Å². The van der Waals surface area contributed by atoms with Gasteiger partial charge in [-0.25, -0.2) is 4.39 Å². The maximum atomic E-state index is 13.6. The summed E-state index contributed by atoms with van der Waals surface area (Å²) in [5, 5.41) is 3.74. The van der Waals surface area contributed by atoms with Crippen molar-refractivity contribution in [1.82, 2.24) is 5.32 Å². The van der Waals surface area contributed by atoms with E-state index in [0.29, 0.717) is 9.90 Å². The molecule has 1 N–H and O–H groups in total. The van der Waals surface area contributed by atoms with Gasteiger partial charge in [0.05, 0.1) is 10.0 Å². The molecule has 8 heteroatoms. The van der Waals surface area contributed by atoms with Gasteiger partial charge in [-0.1, -0.05) is 47.5 Å². The van der Waals surface area contributed by atoms with E-state index in [4.69, 9.17) is 27.9 Å². The molecule has 2 aromatic carbocycles. The maximum absolute atomic E-state index is 13.6. The Balaban J connectivity index is 1.58. The van der Waals surface area contributed by atoms with Crippen LogP contribution in [0.15, 0.2) is 42.5 Å². The van der Waals surface area contributed by atoms with Gasteiger partial charge >= 0.3 is 5.97 Å². The van der Waals surface area contributed by atoms with Crippen LogP contribution in [0, 0.1) is 5.82 Å². The van der Waals surface area contributed by atoms with Crippen molar-refractivity contribution in [3.8, 4) is 0 Å². The Labute approximate surface area is 162 Å². The molecule has 3 rings (SSSR count). The average Bonchev–Trinajstić information content (AvgIpc) is 2.96. The molecule has 0 aliphatic carbocycles. The van der Waals surface area contributed by atoms with Crippen molar-refractivity contribution in [2.75, 3.05) is 6.54 Å². The lowest BCUT2D eigenvalue weighted by Gasteiger charge is -2.08. The fourth-order valence-corrected chi connectivity index (χ4v) is 3.92. The van der Waals surface area contributed by atoms with E-state index in [1.165, 1.54) is 29.5 Å². The van der Waals surface area contributed by atoms with Crippen molar-refractivity contribution >= 4 is 56.5 Å². The number of thiophene rings is 1. The molecule has 4 nitrogen and oxygen atoms in total. The minimum Gasteiger partial charge on any atom is -0.459 e. The number of carbonyl (C=O) groups is 2. The first-order valence-corrected chi connectivity index (χ1v) is 9.08. The largest absolute Gasteiger partial charge is 0.459 e. The van der Waals surface area contributed by atoms with Crippen LogP contribution in [0.1, 0.15) is 15.2 Å². The lowest BCUT2D eigenvalue weighted by Crippen LogP contribution is -2.30. The Kier molecular flexibility index (Phi) is 5.76. The molecule has 0 saturated heterocycles. The predicted molar refractivity (Wildman–Crippen MR) is 100 cm³/mol. The van der Waals surface area contributed by atoms with E-state index in [0.717, 1.165) is 10.1 Å². The minimum absolute atomic E-state index is 0.0846. The number of fused-ring (bicyclic) bond motifs is 1. The Bertz CT molecular complexity index is 969. The van der Waals surface area contributed by atoms with E-state index in [2.05, 4.69) is 5.32 Å². The molecule has 0 spiro atoms. The standard InChI is InChI=1S/C18H12Cl2FNO3S/c19-12-5-3-6-13(21)11(12)9-25-15(23)8-22-18(24)17-16(20)10-4-1-2-7-14(10)26-17/h1-7H,8-9H2,(H,22,24). The third kappa shape index (κ3) is 3.98. The molecule has 134 valence electrons. The number of ether oxygens (including phenoxy) is 1. The molecule has 0 aliphatic heterocycles. The van der Waals surface area contributed by atoms with Crippen molar-refractivity contribution in [2.45, 2.75) is 6.61 Å². The van der Waals surface area contributed by atoms with Crippen LogP contribution in [0.3, 0.4) is 0 Å². The van der Waals surface area contributed by atoms with Gasteiger partial charge in [-0.15, -0.1) is 11.3 Å². The first-order chi connectivity index (χ1) is 12.5. The lowest BCUT2D eigenvalue weighted by atomic mass is 10.2. The van der Waals surface area contributed by atoms with Gasteiger partial charge in [0.25, 0.3) is 5.91 Å². The highest BCUT2D eigenvalue weighted by Crippen LogP contribution is 2.34. The molecule has 3 aromatic rings. The molecule has 0 bridgehead atoms. The fourth-order valence-electron chi connectivity index (χ4n) is 2.27. The second-order valence-corrected chi connectivity index (χ2v) is 7.12. The summed E-state index contributed by atoms with van der Waals surface area (Å²) in [6.45, 7) is -0.681. The van der Waals surface area contributed by atoms with E-state index >= 15 is 0 Å². The highest BCUT2D eigenvalue weighted by molar-refractivity contribution is 7.21. The van der Waals surface area contributed by atoms with Gasteiger partial charge in [0, 0.05) is 15.6 Å². The number of nitrogens with one attached hydrogen (secondary N) is 1. The summed E-state index contributed by atoms with van der Waals surface area (Å²) < 4.78 is 19.5. The molecular weight excluding hydrogens is 400 g/mol. The highest BCUT2D eigenvalue weighted by Gasteiger charge is 2.18. The number of halogens is 3. The first kappa shape index (κ1) is 18.6. The van der Waals surface area contributed by atoms with Crippen LogP contribution >= 0.6 is 34.5 Å². The highest BCUT2D eigenvalue weighted by atomic mass is 35.5. The predicted octanol–water partition coefficient (Wildman–Crippen LogP) is 4.82. The van der Waals surface area contributed by atoms with Gasteiger partial charge in [-0.2, -0.15) is 0 Å². The monoisotopic (exact) mass is 411 g/mol. The number of hydrogen-bond donors (Lipinski definition) is 1. The zero-order valence-corrected chi connectivity index (χ0v) is 15.6. The normalized spacial score (nSPS) is 10.7. The Morgan fingerprint density at radius 1 is 1.12 bits per heavy atom. The number of hydrogen-bond acceptors (Lipinski definition) is 4. The molecule has 1 amide bonds. The van der Waals surface area contributed by atoms with E-state index in [1.807, 2.05) is 24.3 Å². The molecule has 0 aliphatic rings. The summed E-state index contributed by atoms with van der Waals surface area (Å²) in [6, 6.07) is 11.5. The number of benzene rings is 2. The third-order valence-electron chi connectivity index (χ3n) is 3.57. The van der Waals surface area contributed by atoms with Gasteiger partial charge in [0.1, 0.15) is 23.8 Å². The van der Waals surface area contributed by atoms with Gasteiger partial charge in [0.15, 0.2) is 0 Å². The molecule has 26 heavy (non-hydrogen) atoms. The quantitative estimate of drug-likeness (QED) is 0.612. The Morgan fingerprint density at radius 2 is 1.88 bits per heavy atom. The van der Waals surface area contributed by atoms with Crippen LogP contribution < -0.4 is 5.32 Å². The zero-order chi connectivity index (χ0) is 18.7. The third-order valence-corrected chi connectivity index (χ3v) is 5.60. The van der Waals surface area contributed by atoms with E-state index < -0.39 is 17.7 Å². The van der Waals surface area contributed by atoms with Crippen LogP contribution in [0.25, 0.3) is 10.1 Å². The molecule has 0 radical (unpaired) electrons. The van der Waals surface area contributed by atoms with Crippen LogP contribution in [0.4, 0.5) is 4.39 Å². The van der Waals surface area contributed by atoms with E-state index in [-0.39, 0.29) is 23.7 Å². The molecule has 1 aromatic heterocycles. The van der Waals surface area contributed by atoms with Gasteiger partial charge in [0.2, 0.25) is 0 Å². The summed E-state index contributed by atoms with van der Waals surface area (Å²) in [5.41, 5.74) is 0.0846. The zero-order valence-electron chi connectivity index (χ0n) is 13.2. The molecule has 1 heterocycles. The van der Waals surface area contributed by atoms with Crippen LogP contribution in [-0.2, 0) is 16.1 Å². The average molecular weight is 412 g/mol. The first-order valence-electron chi connectivity index (χ1n) is 7.51. The van der Waals surface area contributed by atoms with Gasteiger partial charge in [-0.3, -0.25) is 9.59 Å². The number of rotatable bonds is 5. The van der Waals surface area contributed by atoms with Crippen molar-refractivity contribution in [3.63, 3.8) is 0 Å². The second kappa shape index (κ2) is 8.03. The summed E-state index contributed by atoms with van der Waals surface area (Å²) in [6.07, 6.45) is 0. The summed E-state index contributed by atoms with van der Waals surface area (Å²) >= 11 is 13.3. The molecule has 0 unspecified atom stereocenters. The molecular formula is C18H12Cl2FNO3S. The smallest absolute Gasteiger partial charge is 0.325 e. The maximum Gasteiger partial charge on any atom is 0.325 e.